The quantitative estimate of drug-likeness (QED) is 0.270. The highest BCUT2D eigenvalue weighted by Gasteiger charge is 2.06. The lowest BCUT2D eigenvalue weighted by Crippen LogP contribution is -2.42. The molecule has 1 rings (SSSR count). The van der Waals surface area contributed by atoms with E-state index >= 15 is 0 Å². The van der Waals surface area contributed by atoms with E-state index in [1.54, 1.807) is 0 Å². The van der Waals surface area contributed by atoms with Crippen LogP contribution in [0.15, 0.2) is 17.4 Å². The number of nitrogens with zero attached hydrogens (tertiary/aromatic N) is 3. The molecule has 5 nitrogen and oxygen atoms in total. The van der Waals surface area contributed by atoms with Crippen molar-refractivity contribution < 1.29 is 0 Å². The second-order valence-electron chi connectivity index (χ2n) is 6.39. The van der Waals surface area contributed by atoms with Gasteiger partial charge in [0.1, 0.15) is 5.82 Å². The molecule has 1 aromatic rings. The minimum Gasteiger partial charge on any atom is -0.356 e. The molecule has 0 aliphatic carbocycles. The minimum absolute atomic E-state index is 0. The summed E-state index contributed by atoms with van der Waals surface area (Å²) in [7, 11) is 1.83. The number of imidazole rings is 1. The summed E-state index contributed by atoms with van der Waals surface area (Å²) in [4.78, 5) is 8.53. The average Bonchev–Trinajstić information content (AvgIpc) is 2.89. The Kier molecular flexibility index (Phi) is 12.2. The highest BCUT2D eigenvalue weighted by Crippen LogP contribution is 2.06. The summed E-state index contributed by atoms with van der Waals surface area (Å²) in [5.74, 6) is 2.75. The van der Waals surface area contributed by atoms with Crippen LogP contribution in [0.4, 0.5) is 0 Å². The number of halogens is 1. The van der Waals surface area contributed by atoms with Gasteiger partial charge in [0.05, 0.1) is 0 Å². The van der Waals surface area contributed by atoms with Crippen molar-refractivity contribution in [3.8, 4) is 0 Å². The molecule has 23 heavy (non-hydrogen) atoms. The van der Waals surface area contributed by atoms with Gasteiger partial charge in [0.2, 0.25) is 0 Å². The lowest BCUT2D eigenvalue weighted by molar-refractivity contribution is 0.488. The Morgan fingerprint density at radius 3 is 2.57 bits per heavy atom. The first-order valence-electron chi connectivity index (χ1n) is 8.47. The number of aryl methyl sites for hydroxylation is 2. The van der Waals surface area contributed by atoms with Crippen LogP contribution in [-0.4, -0.2) is 35.1 Å². The van der Waals surface area contributed by atoms with Crippen LogP contribution >= 0.6 is 24.0 Å². The fourth-order valence-corrected chi connectivity index (χ4v) is 2.34. The Bertz CT molecular complexity index is 442. The second kappa shape index (κ2) is 12.6. The van der Waals surface area contributed by atoms with Crippen LogP contribution < -0.4 is 10.6 Å². The second-order valence-corrected chi connectivity index (χ2v) is 6.39. The molecular weight excluding hydrogens is 401 g/mol. The van der Waals surface area contributed by atoms with Crippen molar-refractivity contribution in [1.82, 2.24) is 20.2 Å². The van der Waals surface area contributed by atoms with Crippen LogP contribution in [0.5, 0.6) is 0 Å². The van der Waals surface area contributed by atoms with Gasteiger partial charge in [0.25, 0.3) is 0 Å². The molecule has 6 heteroatoms. The maximum absolute atomic E-state index is 4.30. The monoisotopic (exact) mass is 435 g/mol. The fourth-order valence-electron chi connectivity index (χ4n) is 2.34. The van der Waals surface area contributed by atoms with E-state index in [0.29, 0.717) is 6.04 Å². The molecule has 1 unspecified atom stereocenters. The van der Waals surface area contributed by atoms with E-state index < -0.39 is 0 Å². The van der Waals surface area contributed by atoms with Gasteiger partial charge >= 0.3 is 0 Å². The summed E-state index contributed by atoms with van der Waals surface area (Å²) in [5.41, 5.74) is 0. The number of hydrogen-bond donors (Lipinski definition) is 2. The van der Waals surface area contributed by atoms with E-state index in [9.17, 15) is 0 Å². The molecule has 0 aliphatic heterocycles. The number of aliphatic imine (C=N–C) groups is 1. The van der Waals surface area contributed by atoms with Crippen LogP contribution in [-0.2, 0) is 6.54 Å². The molecule has 1 aromatic heterocycles. The number of hydrogen-bond acceptors (Lipinski definition) is 2. The molecule has 0 aliphatic rings. The van der Waals surface area contributed by atoms with Crippen LogP contribution in [0.3, 0.4) is 0 Å². The van der Waals surface area contributed by atoms with Crippen molar-refractivity contribution in [1.29, 1.82) is 0 Å². The zero-order chi connectivity index (χ0) is 16.4. The van der Waals surface area contributed by atoms with E-state index in [2.05, 4.69) is 45.9 Å². The number of guanidine groups is 1. The topological polar surface area (TPSA) is 54.2 Å². The van der Waals surface area contributed by atoms with E-state index in [4.69, 9.17) is 0 Å². The SMILES string of the molecule is CN=C(NCCCCn1ccnc1C)NC(C)CCC(C)C.I. The normalized spacial score (nSPS) is 12.9. The smallest absolute Gasteiger partial charge is 0.191 e. The first-order valence-corrected chi connectivity index (χ1v) is 8.47. The van der Waals surface area contributed by atoms with Gasteiger partial charge in [-0.25, -0.2) is 4.98 Å². The molecule has 0 aromatic carbocycles. The molecular formula is C17H34IN5. The summed E-state index contributed by atoms with van der Waals surface area (Å²) < 4.78 is 2.20. The highest BCUT2D eigenvalue weighted by molar-refractivity contribution is 14.0. The van der Waals surface area contributed by atoms with Gasteiger partial charge in [-0.05, 0) is 45.4 Å². The summed E-state index contributed by atoms with van der Waals surface area (Å²) in [6.07, 6.45) is 8.59. The van der Waals surface area contributed by atoms with Gasteiger partial charge < -0.3 is 15.2 Å². The first kappa shape index (κ1) is 22.2. The summed E-state index contributed by atoms with van der Waals surface area (Å²) in [6.45, 7) is 10.8. The summed E-state index contributed by atoms with van der Waals surface area (Å²) >= 11 is 0. The highest BCUT2D eigenvalue weighted by atomic mass is 127. The molecule has 0 saturated carbocycles. The minimum atomic E-state index is 0. The molecule has 0 spiro atoms. The van der Waals surface area contributed by atoms with Crippen molar-refractivity contribution >= 4 is 29.9 Å². The predicted molar refractivity (Wildman–Crippen MR) is 110 cm³/mol. The van der Waals surface area contributed by atoms with Crippen molar-refractivity contribution in [3.05, 3.63) is 18.2 Å². The third-order valence-corrected chi connectivity index (χ3v) is 3.83. The van der Waals surface area contributed by atoms with Gasteiger partial charge in [0, 0.05) is 38.6 Å². The predicted octanol–water partition coefficient (Wildman–Crippen LogP) is 3.58. The van der Waals surface area contributed by atoms with Gasteiger partial charge in [-0.1, -0.05) is 13.8 Å². The molecule has 0 bridgehead atoms. The van der Waals surface area contributed by atoms with Gasteiger partial charge in [-0.2, -0.15) is 0 Å². The summed E-state index contributed by atoms with van der Waals surface area (Å²) in [5, 5.41) is 6.86. The Morgan fingerprint density at radius 1 is 1.26 bits per heavy atom. The van der Waals surface area contributed by atoms with Crippen molar-refractivity contribution in [2.75, 3.05) is 13.6 Å². The summed E-state index contributed by atoms with van der Waals surface area (Å²) in [6, 6.07) is 0.460. The van der Waals surface area contributed by atoms with Crippen LogP contribution in [0.1, 0.15) is 52.3 Å². The largest absolute Gasteiger partial charge is 0.356 e. The number of nitrogens with one attached hydrogen (secondary N) is 2. The zero-order valence-corrected chi connectivity index (χ0v) is 17.6. The number of rotatable bonds is 9. The van der Waals surface area contributed by atoms with Crippen LogP contribution in [0.2, 0.25) is 0 Å². The molecule has 0 amide bonds. The van der Waals surface area contributed by atoms with E-state index in [1.165, 1.54) is 12.8 Å². The van der Waals surface area contributed by atoms with Gasteiger partial charge in [0.15, 0.2) is 5.96 Å². The maximum atomic E-state index is 4.30. The Balaban J connectivity index is 0.00000484. The first-order chi connectivity index (χ1) is 10.5. The zero-order valence-electron chi connectivity index (χ0n) is 15.3. The molecule has 0 radical (unpaired) electrons. The Morgan fingerprint density at radius 2 is 2.00 bits per heavy atom. The fraction of sp³-hybridized carbons (Fsp3) is 0.765. The molecule has 134 valence electrons. The van der Waals surface area contributed by atoms with Crippen molar-refractivity contribution in [2.45, 2.75) is 66.0 Å². The Labute approximate surface area is 158 Å². The molecule has 0 saturated heterocycles. The lowest BCUT2D eigenvalue weighted by atomic mass is 10.0. The van der Waals surface area contributed by atoms with Crippen molar-refractivity contribution in [2.24, 2.45) is 10.9 Å². The van der Waals surface area contributed by atoms with Crippen LogP contribution in [0, 0.1) is 12.8 Å². The van der Waals surface area contributed by atoms with Gasteiger partial charge in [-0.15, -0.1) is 24.0 Å². The molecule has 2 N–H and O–H groups in total. The molecule has 1 heterocycles. The van der Waals surface area contributed by atoms with E-state index in [0.717, 1.165) is 43.6 Å². The molecule has 0 fully saturated rings. The molecule has 1 atom stereocenters. The third kappa shape index (κ3) is 9.84. The number of unbranched alkanes of at least 4 members (excludes halogenated alkanes) is 1. The Hall–Kier alpha value is -0.790. The van der Waals surface area contributed by atoms with Crippen LogP contribution in [0.25, 0.3) is 0 Å². The average molecular weight is 435 g/mol. The van der Waals surface area contributed by atoms with E-state index in [-0.39, 0.29) is 24.0 Å². The van der Waals surface area contributed by atoms with Crippen molar-refractivity contribution in [3.63, 3.8) is 0 Å². The van der Waals surface area contributed by atoms with Gasteiger partial charge in [-0.3, -0.25) is 4.99 Å². The number of aromatic nitrogens is 2. The third-order valence-electron chi connectivity index (χ3n) is 3.83. The maximum Gasteiger partial charge on any atom is 0.191 e. The van der Waals surface area contributed by atoms with E-state index in [1.807, 2.05) is 26.4 Å². The lowest BCUT2D eigenvalue weighted by Gasteiger charge is -2.18. The standard InChI is InChI=1S/C17H33N5.HI/c1-14(2)8-9-15(3)21-17(18-5)20-10-6-7-12-22-13-11-19-16(22)4;/h11,13-15H,6-10,12H2,1-5H3,(H2,18,20,21);1H.